The van der Waals surface area contributed by atoms with Gasteiger partial charge in [0.25, 0.3) is 0 Å². The van der Waals surface area contributed by atoms with Gasteiger partial charge in [0.2, 0.25) is 5.91 Å². The number of carbonyl (C=O) groups excluding carboxylic acids is 2. The lowest BCUT2D eigenvalue weighted by molar-refractivity contribution is -0.137. The van der Waals surface area contributed by atoms with E-state index in [1.807, 2.05) is 0 Å². The molecule has 0 saturated heterocycles. The first kappa shape index (κ1) is 21.9. The molecule has 0 aromatic heterocycles. The van der Waals surface area contributed by atoms with Crippen molar-refractivity contribution < 1.29 is 29.3 Å². The number of esters is 1. The maximum atomic E-state index is 11.8. The number of rotatable bonds is 11. The molecule has 0 saturated carbocycles. The van der Waals surface area contributed by atoms with Crippen LogP contribution in [-0.4, -0.2) is 68.2 Å². The van der Waals surface area contributed by atoms with Gasteiger partial charge in [-0.25, -0.2) is 4.79 Å². The number of nitrogens with one attached hydrogen (secondary N) is 2. The van der Waals surface area contributed by atoms with E-state index >= 15 is 0 Å². The van der Waals surface area contributed by atoms with Crippen molar-refractivity contribution >= 4 is 11.9 Å². The van der Waals surface area contributed by atoms with Crippen LogP contribution in [-0.2, 0) is 9.53 Å². The quantitative estimate of drug-likeness (QED) is 0.319. The van der Waals surface area contributed by atoms with E-state index in [0.29, 0.717) is 37.6 Å². The number of ether oxygens (including phenoxy) is 2. The zero-order chi connectivity index (χ0) is 19.6. The molecule has 0 unspecified atom stereocenters. The summed E-state index contributed by atoms with van der Waals surface area (Å²) in [5.41, 5.74) is -0.422. The average molecular weight is 368 g/mol. The highest BCUT2D eigenvalue weighted by Crippen LogP contribution is 2.19. The summed E-state index contributed by atoms with van der Waals surface area (Å²) < 4.78 is 10.2. The van der Waals surface area contributed by atoms with Gasteiger partial charge >= 0.3 is 5.97 Å². The van der Waals surface area contributed by atoms with Gasteiger partial charge in [-0.15, -0.1) is 0 Å². The third-order valence-electron chi connectivity index (χ3n) is 3.82. The molecule has 1 aromatic carbocycles. The maximum absolute atomic E-state index is 11.8. The molecule has 0 heterocycles. The molecular formula is C18H28N2O6. The van der Waals surface area contributed by atoms with Crippen LogP contribution in [0.4, 0.5) is 0 Å². The lowest BCUT2D eigenvalue weighted by atomic mass is 9.87. The normalized spacial score (nSPS) is 12.3. The fourth-order valence-corrected chi connectivity index (χ4v) is 1.98. The van der Waals surface area contributed by atoms with Crippen LogP contribution < -0.4 is 15.4 Å². The number of benzene rings is 1. The van der Waals surface area contributed by atoms with E-state index in [2.05, 4.69) is 15.4 Å². The summed E-state index contributed by atoms with van der Waals surface area (Å²) in [6.45, 7) is 4.81. The Morgan fingerprint density at radius 3 is 2.38 bits per heavy atom. The van der Waals surface area contributed by atoms with E-state index in [1.165, 1.54) is 7.11 Å². The first-order chi connectivity index (χ1) is 12.3. The Hall–Kier alpha value is -2.16. The molecule has 0 aliphatic heterocycles. The molecule has 1 aromatic rings. The molecule has 0 bridgehead atoms. The van der Waals surface area contributed by atoms with Gasteiger partial charge in [-0.1, -0.05) is 13.8 Å². The number of aliphatic hydroxyl groups is 2. The number of aliphatic hydroxyl groups excluding tert-OH is 2. The van der Waals surface area contributed by atoms with E-state index in [0.717, 1.165) is 0 Å². The van der Waals surface area contributed by atoms with Crippen LogP contribution in [0.3, 0.4) is 0 Å². The van der Waals surface area contributed by atoms with Gasteiger partial charge < -0.3 is 30.3 Å². The third-order valence-corrected chi connectivity index (χ3v) is 3.82. The van der Waals surface area contributed by atoms with Crippen LogP contribution in [0.25, 0.3) is 0 Å². The largest absolute Gasteiger partial charge is 0.492 e. The standard InChI is InChI=1S/C18H28N2O6/c1-18(2,12-21)15(22)16(23)20-9-8-19-10-11-26-14-6-4-13(5-7-14)17(24)25-3/h4-7,15,19,21-22H,8-12H2,1-3H3,(H,20,23)/t15-/m0/s1. The molecule has 0 fully saturated rings. The molecule has 0 spiro atoms. The lowest BCUT2D eigenvalue weighted by Gasteiger charge is -2.27. The molecule has 1 amide bonds. The van der Waals surface area contributed by atoms with E-state index in [4.69, 9.17) is 9.84 Å². The van der Waals surface area contributed by atoms with Crippen molar-refractivity contribution in [1.82, 2.24) is 10.6 Å². The minimum atomic E-state index is -1.26. The van der Waals surface area contributed by atoms with Crippen molar-refractivity contribution in [3.8, 4) is 5.75 Å². The van der Waals surface area contributed by atoms with E-state index in [1.54, 1.807) is 38.1 Å². The summed E-state index contributed by atoms with van der Waals surface area (Å²) in [4.78, 5) is 23.1. The highest BCUT2D eigenvalue weighted by atomic mass is 16.5. The smallest absolute Gasteiger partial charge is 0.337 e. The summed E-state index contributed by atoms with van der Waals surface area (Å²) in [6, 6.07) is 6.64. The molecule has 8 heteroatoms. The zero-order valence-electron chi connectivity index (χ0n) is 15.4. The van der Waals surface area contributed by atoms with Gasteiger partial charge in [0.1, 0.15) is 18.5 Å². The van der Waals surface area contributed by atoms with Crippen molar-refractivity contribution in [3.63, 3.8) is 0 Å². The highest BCUT2D eigenvalue weighted by molar-refractivity contribution is 5.89. The number of hydrogen-bond acceptors (Lipinski definition) is 7. The van der Waals surface area contributed by atoms with Crippen molar-refractivity contribution in [2.45, 2.75) is 20.0 Å². The Bertz CT molecular complexity index is 574. The minimum Gasteiger partial charge on any atom is -0.492 e. The van der Waals surface area contributed by atoms with Crippen LogP contribution in [0.5, 0.6) is 5.75 Å². The second kappa shape index (κ2) is 10.7. The molecule has 1 rings (SSSR count). The molecule has 1 atom stereocenters. The molecule has 0 radical (unpaired) electrons. The molecule has 26 heavy (non-hydrogen) atoms. The molecule has 4 N–H and O–H groups in total. The summed E-state index contributed by atoms with van der Waals surface area (Å²) in [7, 11) is 1.33. The van der Waals surface area contributed by atoms with E-state index in [-0.39, 0.29) is 6.61 Å². The molecular weight excluding hydrogens is 340 g/mol. The Morgan fingerprint density at radius 2 is 1.81 bits per heavy atom. The number of methoxy groups -OCH3 is 1. The predicted octanol–water partition coefficient (Wildman–Crippen LogP) is -0.0628. The monoisotopic (exact) mass is 368 g/mol. The summed E-state index contributed by atoms with van der Waals surface area (Å²) in [6.07, 6.45) is -1.26. The molecule has 8 nitrogen and oxygen atoms in total. The van der Waals surface area contributed by atoms with Crippen molar-refractivity contribution in [1.29, 1.82) is 0 Å². The predicted molar refractivity (Wildman–Crippen MR) is 96.0 cm³/mol. The Morgan fingerprint density at radius 1 is 1.15 bits per heavy atom. The minimum absolute atomic E-state index is 0.280. The fourth-order valence-electron chi connectivity index (χ4n) is 1.98. The summed E-state index contributed by atoms with van der Waals surface area (Å²) >= 11 is 0. The van der Waals surface area contributed by atoms with E-state index < -0.39 is 23.4 Å². The highest BCUT2D eigenvalue weighted by Gasteiger charge is 2.32. The van der Waals surface area contributed by atoms with Crippen LogP contribution in [0.15, 0.2) is 24.3 Å². The van der Waals surface area contributed by atoms with Crippen LogP contribution in [0.1, 0.15) is 24.2 Å². The SMILES string of the molecule is COC(=O)c1ccc(OCCNCCNC(=O)[C@H](O)C(C)(C)CO)cc1. The van der Waals surface area contributed by atoms with Gasteiger partial charge in [-0.3, -0.25) is 4.79 Å². The molecule has 146 valence electrons. The Balaban J connectivity index is 2.16. The molecule has 0 aliphatic rings. The molecule has 0 aliphatic carbocycles. The van der Waals surface area contributed by atoms with Crippen LogP contribution in [0, 0.1) is 5.41 Å². The maximum Gasteiger partial charge on any atom is 0.337 e. The van der Waals surface area contributed by atoms with Gasteiger partial charge in [-0.2, -0.15) is 0 Å². The number of carbonyl (C=O) groups is 2. The van der Waals surface area contributed by atoms with Crippen LogP contribution in [0.2, 0.25) is 0 Å². The topological polar surface area (TPSA) is 117 Å². The van der Waals surface area contributed by atoms with Crippen LogP contribution >= 0.6 is 0 Å². The fraction of sp³-hybridized carbons (Fsp3) is 0.556. The van der Waals surface area contributed by atoms with Gasteiger partial charge in [0.15, 0.2) is 0 Å². The summed E-state index contributed by atoms with van der Waals surface area (Å²) in [5.74, 6) is -0.261. The van der Waals surface area contributed by atoms with Crippen molar-refractivity contribution in [2.75, 3.05) is 40.0 Å². The zero-order valence-corrected chi connectivity index (χ0v) is 15.4. The first-order valence-electron chi connectivity index (χ1n) is 8.40. The number of hydrogen-bond donors (Lipinski definition) is 4. The van der Waals surface area contributed by atoms with Gasteiger partial charge in [0, 0.05) is 25.0 Å². The van der Waals surface area contributed by atoms with Crippen molar-refractivity contribution in [2.24, 2.45) is 5.41 Å². The van der Waals surface area contributed by atoms with Crippen molar-refractivity contribution in [3.05, 3.63) is 29.8 Å². The van der Waals surface area contributed by atoms with Gasteiger partial charge in [-0.05, 0) is 24.3 Å². The second-order valence-corrected chi connectivity index (χ2v) is 6.45. The summed E-state index contributed by atoms with van der Waals surface area (Å²) in [5, 5.41) is 24.7. The third kappa shape index (κ3) is 6.99. The Kier molecular flexibility index (Phi) is 9.04. The van der Waals surface area contributed by atoms with Gasteiger partial charge in [0.05, 0.1) is 19.3 Å². The second-order valence-electron chi connectivity index (χ2n) is 6.45. The Labute approximate surface area is 153 Å². The average Bonchev–Trinajstić information content (AvgIpc) is 2.66. The van der Waals surface area contributed by atoms with E-state index in [9.17, 15) is 14.7 Å². The number of amides is 1. The first-order valence-corrected chi connectivity index (χ1v) is 8.40. The lowest BCUT2D eigenvalue weighted by Crippen LogP contribution is -2.47.